The molecule has 0 atom stereocenters. The summed E-state index contributed by atoms with van der Waals surface area (Å²) in [6, 6.07) is 15.4. The van der Waals surface area contributed by atoms with Crippen molar-refractivity contribution in [3.8, 4) is 45.4 Å². The number of hydrogen-bond donors (Lipinski definition) is 3. The lowest BCUT2D eigenvalue weighted by Gasteiger charge is -2.48. The Morgan fingerprint density at radius 1 is 0.953 bits per heavy atom. The first-order valence-corrected chi connectivity index (χ1v) is 14.5. The van der Waals surface area contributed by atoms with Crippen LogP contribution in [0.2, 0.25) is 10.0 Å². The van der Waals surface area contributed by atoms with Gasteiger partial charge in [-0.25, -0.2) is 15.0 Å². The molecule has 0 bridgehead atoms. The fraction of sp³-hybridized carbons (Fsp3) is 0.250. The minimum Gasteiger partial charge on any atom is -0.481 e. The van der Waals surface area contributed by atoms with Crippen LogP contribution in [0.3, 0.4) is 0 Å². The van der Waals surface area contributed by atoms with E-state index in [-0.39, 0.29) is 22.9 Å². The van der Waals surface area contributed by atoms with Gasteiger partial charge in [0.1, 0.15) is 5.84 Å². The molecule has 0 radical (unpaired) electrons. The molecule has 9 nitrogen and oxygen atoms in total. The van der Waals surface area contributed by atoms with Crippen LogP contribution >= 0.6 is 23.2 Å². The number of nitrogens with one attached hydrogen (secondary N) is 2. The molecule has 2 aliphatic heterocycles. The van der Waals surface area contributed by atoms with Gasteiger partial charge in [0.2, 0.25) is 11.8 Å². The third-order valence-corrected chi connectivity index (χ3v) is 8.77. The standard InChI is InChI=1S/C32H31Cl2N7O2/c1-18-12-13-32(40-18)16-41(17-32)15-19-10-11-24(38-30(19)42-2)22-8-4-6-20(26(22)33)21-7-5-9-23(27(21)34)25-14-37-28(29(35)36)31(39-25)43-3/h4-11,14,40H,1,12-13,15-17H2,2-3H3,(H3,35,36). The lowest BCUT2D eigenvalue weighted by molar-refractivity contribution is 0.0500. The number of nitrogens with zero attached hydrogens (tertiary/aromatic N) is 4. The van der Waals surface area contributed by atoms with E-state index in [2.05, 4.69) is 32.8 Å². The smallest absolute Gasteiger partial charge is 0.244 e. The Hall–Kier alpha value is -4.18. The number of nitrogen functional groups attached to an aromatic ring is 1. The van der Waals surface area contributed by atoms with Crippen molar-refractivity contribution in [3.05, 3.63) is 88.3 Å². The van der Waals surface area contributed by atoms with Crippen molar-refractivity contribution in [2.45, 2.75) is 24.9 Å². The topological polar surface area (TPSA) is 122 Å². The summed E-state index contributed by atoms with van der Waals surface area (Å²) >= 11 is 14.0. The molecule has 2 fully saturated rings. The zero-order chi connectivity index (χ0) is 30.3. The van der Waals surface area contributed by atoms with E-state index in [9.17, 15) is 0 Å². The number of hydrogen-bond acceptors (Lipinski definition) is 8. The fourth-order valence-electron chi connectivity index (χ4n) is 5.91. The molecule has 2 aromatic heterocycles. The Bertz CT molecular complexity index is 1750. The summed E-state index contributed by atoms with van der Waals surface area (Å²) in [5.41, 5.74) is 12.1. The molecule has 0 amide bonds. The van der Waals surface area contributed by atoms with E-state index in [1.54, 1.807) is 7.11 Å². The molecular weight excluding hydrogens is 585 g/mol. The molecule has 11 heteroatoms. The Morgan fingerprint density at radius 3 is 2.14 bits per heavy atom. The number of aromatic nitrogens is 3. The molecule has 2 saturated heterocycles. The van der Waals surface area contributed by atoms with Gasteiger partial charge in [0.15, 0.2) is 5.69 Å². The summed E-state index contributed by atoms with van der Waals surface area (Å²) < 4.78 is 11.0. The summed E-state index contributed by atoms with van der Waals surface area (Å²) in [5, 5.41) is 12.2. The summed E-state index contributed by atoms with van der Waals surface area (Å²) in [7, 11) is 3.09. The highest BCUT2D eigenvalue weighted by Gasteiger charge is 2.45. The van der Waals surface area contributed by atoms with Gasteiger partial charge >= 0.3 is 0 Å². The molecule has 4 heterocycles. The number of ether oxygens (including phenoxy) is 2. The minimum atomic E-state index is -0.237. The second kappa shape index (κ2) is 11.5. The van der Waals surface area contributed by atoms with E-state index in [0.29, 0.717) is 32.9 Å². The van der Waals surface area contributed by atoms with Crippen molar-refractivity contribution < 1.29 is 9.47 Å². The normalized spacial score (nSPS) is 15.7. The van der Waals surface area contributed by atoms with Gasteiger partial charge in [-0.2, -0.15) is 0 Å². The number of amidine groups is 1. The molecule has 0 saturated carbocycles. The van der Waals surface area contributed by atoms with E-state index in [0.717, 1.165) is 60.4 Å². The maximum Gasteiger partial charge on any atom is 0.244 e. The van der Waals surface area contributed by atoms with Crippen LogP contribution in [0.1, 0.15) is 24.1 Å². The molecule has 6 rings (SSSR count). The number of halogens is 2. The molecule has 0 aliphatic carbocycles. The van der Waals surface area contributed by atoms with Crippen LogP contribution in [0.25, 0.3) is 33.6 Å². The quantitative estimate of drug-likeness (QED) is 0.165. The Kier molecular flexibility index (Phi) is 7.72. The second-order valence-electron chi connectivity index (χ2n) is 10.9. The molecular formula is C32H31Cl2N7O2. The maximum atomic E-state index is 7.71. The highest BCUT2D eigenvalue weighted by molar-refractivity contribution is 6.39. The third-order valence-electron chi connectivity index (χ3n) is 7.95. The Balaban J connectivity index is 1.29. The van der Waals surface area contributed by atoms with Crippen molar-refractivity contribution in [2.75, 3.05) is 27.3 Å². The van der Waals surface area contributed by atoms with Gasteiger partial charge < -0.3 is 20.5 Å². The number of pyridine rings is 1. The van der Waals surface area contributed by atoms with E-state index >= 15 is 0 Å². The SMILES string of the molecule is C=C1CCC2(CN(Cc3ccc(-c4cccc(-c5cccc(-c6cnc(C(=N)N)c(OC)n6)c5Cl)c4Cl)nc3OC)C2)N1. The lowest BCUT2D eigenvalue weighted by Crippen LogP contribution is -2.65. The summed E-state index contributed by atoms with van der Waals surface area (Å²) in [5.74, 6) is 0.481. The van der Waals surface area contributed by atoms with Crippen LogP contribution in [0, 0.1) is 5.41 Å². The summed E-state index contributed by atoms with van der Waals surface area (Å²) in [6.07, 6.45) is 3.69. The maximum absolute atomic E-state index is 7.71. The zero-order valence-electron chi connectivity index (χ0n) is 23.9. The van der Waals surface area contributed by atoms with E-state index < -0.39 is 0 Å². The summed E-state index contributed by atoms with van der Waals surface area (Å²) in [6.45, 7) is 6.78. The third kappa shape index (κ3) is 5.40. The first-order valence-electron chi connectivity index (χ1n) is 13.8. The van der Waals surface area contributed by atoms with Crippen molar-refractivity contribution in [1.29, 1.82) is 5.41 Å². The predicted octanol–water partition coefficient (Wildman–Crippen LogP) is 5.93. The van der Waals surface area contributed by atoms with Gasteiger partial charge in [-0.3, -0.25) is 10.3 Å². The first kappa shape index (κ1) is 28.9. The monoisotopic (exact) mass is 615 g/mol. The second-order valence-corrected chi connectivity index (χ2v) is 11.6. The van der Waals surface area contributed by atoms with Crippen molar-refractivity contribution in [1.82, 2.24) is 25.2 Å². The van der Waals surface area contributed by atoms with Crippen LogP contribution < -0.4 is 20.5 Å². The van der Waals surface area contributed by atoms with E-state index in [1.807, 2.05) is 42.5 Å². The van der Waals surface area contributed by atoms with Crippen LogP contribution in [0.15, 0.2) is 67.0 Å². The van der Waals surface area contributed by atoms with Crippen LogP contribution in [0.4, 0.5) is 0 Å². The molecule has 4 N–H and O–H groups in total. The van der Waals surface area contributed by atoms with Gasteiger partial charge in [-0.15, -0.1) is 0 Å². The molecule has 4 aromatic rings. The lowest BCUT2D eigenvalue weighted by atomic mass is 9.88. The zero-order valence-corrected chi connectivity index (χ0v) is 25.4. The van der Waals surface area contributed by atoms with Crippen molar-refractivity contribution in [2.24, 2.45) is 5.73 Å². The van der Waals surface area contributed by atoms with Gasteiger partial charge in [-0.05, 0) is 18.9 Å². The highest BCUT2D eigenvalue weighted by Crippen LogP contribution is 2.42. The van der Waals surface area contributed by atoms with Gasteiger partial charge in [0.25, 0.3) is 0 Å². The highest BCUT2D eigenvalue weighted by atomic mass is 35.5. The van der Waals surface area contributed by atoms with Gasteiger partial charge in [0, 0.05) is 53.1 Å². The number of benzene rings is 2. The largest absolute Gasteiger partial charge is 0.481 e. The molecule has 1 spiro atoms. The fourth-order valence-corrected chi connectivity index (χ4v) is 6.56. The molecule has 2 aliphatic rings. The van der Waals surface area contributed by atoms with E-state index in [4.69, 9.17) is 48.8 Å². The van der Waals surface area contributed by atoms with Crippen molar-refractivity contribution >= 4 is 29.0 Å². The van der Waals surface area contributed by atoms with Crippen LogP contribution in [-0.2, 0) is 6.54 Å². The minimum absolute atomic E-state index is 0.143. The van der Waals surface area contributed by atoms with Gasteiger partial charge in [0.05, 0.1) is 47.4 Å². The van der Waals surface area contributed by atoms with Crippen LogP contribution in [-0.4, -0.2) is 58.5 Å². The number of rotatable bonds is 8. The molecule has 43 heavy (non-hydrogen) atoms. The van der Waals surface area contributed by atoms with E-state index in [1.165, 1.54) is 13.3 Å². The number of likely N-dealkylation sites (tertiary alicyclic amines) is 1. The number of allylic oxidation sites excluding steroid dienone is 1. The van der Waals surface area contributed by atoms with Crippen molar-refractivity contribution in [3.63, 3.8) is 0 Å². The first-order chi connectivity index (χ1) is 20.7. The molecule has 0 unspecified atom stereocenters. The Labute approximate surface area is 260 Å². The number of nitrogens with two attached hydrogens (primary N) is 1. The molecule has 2 aromatic carbocycles. The molecule has 220 valence electrons. The average Bonchev–Trinajstić information content (AvgIpc) is 3.39. The van der Waals surface area contributed by atoms with Gasteiger partial charge in [-0.1, -0.05) is 72.2 Å². The Morgan fingerprint density at radius 2 is 1.56 bits per heavy atom. The predicted molar refractivity (Wildman–Crippen MR) is 170 cm³/mol. The summed E-state index contributed by atoms with van der Waals surface area (Å²) in [4.78, 5) is 16.0. The average molecular weight is 617 g/mol. The number of methoxy groups -OCH3 is 2. The van der Waals surface area contributed by atoms with Crippen LogP contribution in [0.5, 0.6) is 11.8 Å².